The van der Waals surface area contributed by atoms with Gasteiger partial charge in [-0.25, -0.2) is 13.8 Å². The predicted molar refractivity (Wildman–Crippen MR) is 117 cm³/mol. The van der Waals surface area contributed by atoms with E-state index in [1.165, 1.54) is 18.6 Å². The van der Waals surface area contributed by atoms with Gasteiger partial charge in [0.25, 0.3) is 0 Å². The molecule has 3 N–H and O–H groups in total. The minimum Gasteiger partial charge on any atom is -0.397 e. The van der Waals surface area contributed by atoms with Gasteiger partial charge in [-0.1, -0.05) is 18.7 Å². The standard InChI is InChI=1S/C23H23F2N5/c1-15(28-20-14-27-10-9-21(20)30-11-5-2-6-12-30)22-19(26)13-18(25)23(29-22)16-7-3-4-8-17(16)24/h3-4,7-10,13-14,28H,1-2,5-6,11-12,26H2. The Morgan fingerprint density at radius 1 is 1.07 bits per heavy atom. The van der Waals surface area contributed by atoms with Gasteiger partial charge in [0.1, 0.15) is 17.2 Å². The zero-order chi connectivity index (χ0) is 21.1. The summed E-state index contributed by atoms with van der Waals surface area (Å²) >= 11 is 0. The van der Waals surface area contributed by atoms with Crippen LogP contribution in [0.3, 0.4) is 0 Å². The van der Waals surface area contributed by atoms with Crippen molar-refractivity contribution in [2.75, 3.05) is 29.0 Å². The summed E-state index contributed by atoms with van der Waals surface area (Å²) in [6, 6.07) is 9.01. The third-order valence-electron chi connectivity index (χ3n) is 5.20. The lowest BCUT2D eigenvalue weighted by atomic mass is 10.1. The van der Waals surface area contributed by atoms with E-state index in [1.54, 1.807) is 24.5 Å². The van der Waals surface area contributed by atoms with E-state index in [0.717, 1.165) is 43.4 Å². The number of halogens is 2. The van der Waals surface area contributed by atoms with Gasteiger partial charge in [-0.15, -0.1) is 0 Å². The van der Waals surface area contributed by atoms with E-state index in [1.807, 2.05) is 6.07 Å². The molecule has 0 radical (unpaired) electrons. The molecule has 3 aromatic rings. The minimum absolute atomic E-state index is 0.0689. The number of nitrogens with one attached hydrogen (secondary N) is 1. The molecule has 1 saturated heterocycles. The molecule has 0 bridgehead atoms. The second-order valence-corrected chi connectivity index (χ2v) is 7.28. The molecule has 30 heavy (non-hydrogen) atoms. The fourth-order valence-electron chi connectivity index (χ4n) is 3.70. The first-order valence-corrected chi connectivity index (χ1v) is 9.91. The van der Waals surface area contributed by atoms with Crippen LogP contribution in [0.2, 0.25) is 0 Å². The van der Waals surface area contributed by atoms with Crippen LogP contribution in [0.5, 0.6) is 0 Å². The lowest BCUT2D eigenvalue weighted by molar-refractivity contribution is 0.578. The van der Waals surface area contributed by atoms with Crippen LogP contribution in [0, 0.1) is 11.6 Å². The summed E-state index contributed by atoms with van der Waals surface area (Å²) in [4.78, 5) is 10.8. The van der Waals surface area contributed by atoms with Crippen LogP contribution in [0.4, 0.5) is 25.8 Å². The number of piperidine rings is 1. The number of nitrogens with zero attached hydrogens (tertiary/aromatic N) is 3. The number of nitrogen functional groups attached to an aromatic ring is 1. The summed E-state index contributed by atoms with van der Waals surface area (Å²) in [6.07, 6.45) is 6.97. The highest BCUT2D eigenvalue weighted by Crippen LogP contribution is 2.32. The van der Waals surface area contributed by atoms with Crippen LogP contribution in [-0.2, 0) is 0 Å². The van der Waals surface area contributed by atoms with Crippen molar-refractivity contribution in [1.82, 2.24) is 9.97 Å². The molecule has 1 aliphatic rings. The summed E-state index contributed by atoms with van der Waals surface area (Å²) in [5.74, 6) is -1.25. The van der Waals surface area contributed by atoms with Crippen molar-refractivity contribution in [1.29, 1.82) is 0 Å². The zero-order valence-electron chi connectivity index (χ0n) is 16.5. The van der Waals surface area contributed by atoms with E-state index >= 15 is 0 Å². The SMILES string of the molecule is C=C(Nc1cnccc1N1CCCCC1)c1nc(-c2ccccc2F)c(F)cc1N. The van der Waals surface area contributed by atoms with Gasteiger partial charge in [0.15, 0.2) is 5.82 Å². The first-order valence-electron chi connectivity index (χ1n) is 9.91. The van der Waals surface area contributed by atoms with Crippen molar-refractivity contribution in [2.24, 2.45) is 0 Å². The summed E-state index contributed by atoms with van der Waals surface area (Å²) in [5.41, 5.74) is 8.53. The van der Waals surface area contributed by atoms with Crippen LogP contribution < -0.4 is 16.0 Å². The van der Waals surface area contributed by atoms with Crippen molar-refractivity contribution in [3.63, 3.8) is 0 Å². The molecule has 0 saturated carbocycles. The topological polar surface area (TPSA) is 67.1 Å². The number of hydrogen-bond donors (Lipinski definition) is 2. The first-order chi connectivity index (χ1) is 14.5. The zero-order valence-corrected chi connectivity index (χ0v) is 16.5. The number of aromatic nitrogens is 2. The number of benzene rings is 1. The summed E-state index contributed by atoms with van der Waals surface area (Å²) in [7, 11) is 0. The molecule has 1 aromatic carbocycles. The molecule has 0 aliphatic carbocycles. The largest absolute Gasteiger partial charge is 0.397 e. The summed E-state index contributed by atoms with van der Waals surface area (Å²) < 4.78 is 28.7. The highest BCUT2D eigenvalue weighted by Gasteiger charge is 2.19. The maximum Gasteiger partial charge on any atom is 0.151 e. The van der Waals surface area contributed by atoms with E-state index < -0.39 is 11.6 Å². The summed E-state index contributed by atoms with van der Waals surface area (Å²) in [6.45, 7) is 5.98. The molecule has 3 heterocycles. The molecule has 0 atom stereocenters. The monoisotopic (exact) mass is 407 g/mol. The molecular weight excluding hydrogens is 384 g/mol. The van der Waals surface area contributed by atoms with E-state index in [-0.39, 0.29) is 22.6 Å². The molecular formula is C23H23F2N5. The highest BCUT2D eigenvalue weighted by atomic mass is 19.1. The van der Waals surface area contributed by atoms with Gasteiger partial charge in [-0.05, 0) is 37.5 Å². The van der Waals surface area contributed by atoms with Crippen LogP contribution >= 0.6 is 0 Å². The first kappa shape index (κ1) is 19.8. The average Bonchev–Trinajstić information content (AvgIpc) is 2.75. The second kappa shape index (κ2) is 8.49. The van der Waals surface area contributed by atoms with Crippen molar-refractivity contribution < 1.29 is 8.78 Å². The molecule has 0 amide bonds. The number of pyridine rings is 2. The Bertz CT molecular complexity index is 1080. The quantitative estimate of drug-likeness (QED) is 0.618. The normalized spacial score (nSPS) is 13.9. The van der Waals surface area contributed by atoms with Crippen molar-refractivity contribution in [2.45, 2.75) is 19.3 Å². The predicted octanol–water partition coefficient (Wildman–Crippen LogP) is 5.08. The summed E-state index contributed by atoms with van der Waals surface area (Å²) in [5, 5.41) is 3.22. The minimum atomic E-state index is -0.690. The smallest absolute Gasteiger partial charge is 0.151 e. The Hall–Kier alpha value is -3.48. The van der Waals surface area contributed by atoms with Crippen LogP contribution in [0.1, 0.15) is 25.0 Å². The van der Waals surface area contributed by atoms with Gasteiger partial charge >= 0.3 is 0 Å². The van der Waals surface area contributed by atoms with E-state index in [4.69, 9.17) is 5.73 Å². The fourth-order valence-corrected chi connectivity index (χ4v) is 3.70. The number of hydrogen-bond acceptors (Lipinski definition) is 5. The number of rotatable bonds is 5. The number of anilines is 3. The third-order valence-corrected chi connectivity index (χ3v) is 5.20. The highest BCUT2D eigenvalue weighted by molar-refractivity contribution is 5.85. The lowest BCUT2D eigenvalue weighted by Crippen LogP contribution is -2.30. The molecule has 4 rings (SSSR count). The third kappa shape index (κ3) is 3.96. The Morgan fingerprint density at radius 2 is 1.83 bits per heavy atom. The van der Waals surface area contributed by atoms with Crippen LogP contribution in [-0.4, -0.2) is 23.1 Å². The van der Waals surface area contributed by atoms with Gasteiger partial charge in [0.2, 0.25) is 0 Å². The van der Waals surface area contributed by atoms with Crippen molar-refractivity contribution in [3.05, 3.63) is 72.7 Å². The van der Waals surface area contributed by atoms with E-state index in [0.29, 0.717) is 5.70 Å². The van der Waals surface area contributed by atoms with E-state index in [9.17, 15) is 8.78 Å². The second-order valence-electron chi connectivity index (χ2n) is 7.28. The molecule has 0 spiro atoms. The molecule has 154 valence electrons. The van der Waals surface area contributed by atoms with Gasteiger partial charge in [0, 0.05) is 30.9 Å². The van der Waals surface area contributed by atoms with Gasteiger partial charge < -0.3 is 16.0 Å². The van der Waals surface area contributed by atoms with Crippen LogP contribution in [0.25, 0.3) is 17.0 Å². The van der Waals surface area contributed by atoms with Gasteiger partial charge in [0.05, 0.1) is 29.0 Å². The van der Waals surface area contributed by atoms with Crippen molar-refractivity contribution in [3.8, 4) is 11.3 Å². The molecule has 0 unspecified atom stereocenters. The number of nitrogens with two attached hydrogens (primary N) is 1. The lowest BCUT2D eigenvalue weighted by Gasteiger charge is -2.30. The Balaban J connectivity index is 1.67. The van der Waals surface area contributed by atoms with Crippen molar-refractivity contribution >= 4 is 22.8 Å². The van der Waals surface area contributed by atoms with E-state index in [2.05, 4.69) is 26.8 Å². The van der Waals surface area contributed by atoms with Crippen LogP contribution in [0.15, 0.2) is 55.4 Å². The van der Waals surface area contributed by atoms with Gasteiger partial charge in [-0.2, -0.15) is 0 Å². The molecule has 7 heteroatoms. The maximum atomic E-state index is 14.5. The molecule has 1 aliphatic heterocycles. The van der Waals surface area contributed by atoms with Gasteiger partial charge in [-0.3, -0.25) is 4.98 Å². The molecule has 2 aromatic heterocycles. The fraction of sp³-hybridized carbons (Fsp3) is 0.217. The maximum absolute atomic E-state index is 14.5. The average molecular weight is 407 g/mol. The Labute approximate surface area is 174 Å². The Kier molecular flexibility index (Phi) is 5.61. The Morgan fingerprint density at radius 3 is 2.60 bits per heavy atom. The molecule has 5 nitrogen and oxygen atoms in total. The molecule has 1 fully saturated rings.